The van der Waals surface area contributed by atoms with Crippen LogP contribution >= 0.6 is 11.6 Å². The zero-order valence-corrected chi connectivity index (χ0v) is 11.9. The number of benzene rings is 1. The van der Waals surface area contributed by atoms with Crippen LogP contribution in [0, 0.1) is 0 Å². The predicted octanol–water partition coefficient (Wildman–Crippen LogP) is 2.05. The van der Waals surface area contributed by atoms with E-state index in [1.807, 2.05) is 42.3 Å². The summed E-state index contributed by atoms with van der Waals surface area (Å²) in [5, 5.41) is 0.169. The Morgan fingerprint density at radius 3 is 2.53 bits per heavy atom. The molecule has 3 nitrogen and oxygen atoms in total. The van der Waals surface area contributed by atoms with Gasteiger partial charge in [0.15, 0.2) is 0 Å². The fourth-order valence-electron chi connectivity index (χ4n) is 0.951. The Balaban J connectivity index is 2.82. The average molecular weight is 392 g/mol. The summed E-state index contributed by atoms with van der Waals surface area (Å²) < 4.78 is 0.846. The summed E-state index contributed by atoms with van der Waals surface area (Å²) in [7, 11) is 1.94. The van der Waals surface area contributed by atoms with E-state index < -0.39 is 0 Å². The van der Waals surface area contributed by atoms with Crippen molar-refractivity contribution in [3.05, 3.63) is 30.3 Å². The molecule has 0 unspecified atom stereocenters. The van der Waals surface area contributed by atoms with Crippen LogP contribution in [0.3, 0.4) is 0 Å². The summed E-state index contributed by atoms with van der Waals surface area (Å²) in [6.07, 6.45) is 0. The monoisotopic (exact) mass is 391 g/mol. The molecule has 0 atom stereocenters. The first-order chi connectivity index (χ1) is 7.15. The van der Waals surface area contributed by atoms with Crippen LogP contribution in [-0.4, -0.2) is 23.2 Å². The fraction of sp³-hybridized carbons (Fsp3) is 0.100. The maximum absolute atomic E-state index is 5.68. The van der Waals surface area contributed by atoms with Crippen LogP contribution in [0.1, 0.15) is 0 Å². The van der Waals surface area contributed by atoms with E-state index in [2.05, 4.69) is 16.7 Å². The van der Waals surface area contributed by atoms with Crippen molar-refractivity contribution in [3.8, 4) is 0 Å². The molecule has 0 heterocycles. The van der Waals surface area contributed by atoms with Gasteiger partial charge in [-0.15, -0.1) is 0 Å². The second kappa shape index (κ2) is 5.94. The van der Waals surface area contributed by atoms with Gasteiger partial charge in [0.05, 0.1) is 0 Å². The van der Waals surface area contributed by atoms with E-state index in [9.17, 15) is 0 Å². The van der Waals surface area contributed by atoms with Crippen LogP contribution in [0.25, 0.3) is 0 Å². The number of nitrogens with zero attached hydrogens (tertiary/aromatic N) is 3. The number of rotatable bonds is 3. The molecule has 0 amide bonds. The molecule has 15 heavy (non-hydrogen) atoms. The molecule has 0 aromatic heterocycles. The van der Waals surface area contributed by atoms with E-state index in [-0.39, 0.29) is 5.29 Å². The molecule has 1 aromatic rings. The molecule has 1 aromatic carbocycles. The third-order valence-electron chi connectivity index (χ3n) is 1.75. The quantitative estimate of drug-likeness (QED) is 0.440. The Labute approximate surface area is 105 Å². The third-order valence-corrected chi connectivity index (χ3v) is 3.26. The predicted molar refractivity (Wildman–Crippen MR) is 62.7 cm³/mol. The van der Waals surface area contributed by atoms with Gasteiger partial charge in [0.25, 0.3) is 0 Å². The number of amidine groups is 1. The van der Waals surface area contributed by atoms with Gasteiger partial charge in [-0.3, -0.25) is 0 Å². The number of para-hydroxylation sites is 1. The standard InChI is InChI=1S/C10H10ClN3.W/c1-12-10(11)13-8-14(2)9-6-4-3-5-7-9;/h3-7H,1H2,2H3;/b13-10-;. The van der Waals surface area contributed by atoms with Gasteiger partial charge in [-0.1, -0.05) is 0 Å². The molecule has 0 aliphatic rings. The van der Waals surface area contributed by atoms with Crippen molar-refractivity contribution >= 4 is 33.4 Å². The Kier molecular flexibility index (Phi) is 4.86. The number of hydrogen-bond acceptors (Lipinski definition) is 2. The first-order valence-electron chi connectivity index (χ1n) is 4.19. The molecule has 0 fully saturated rings. The molecule has 5 heteroatoms. The van der Waals surface area contributed by atoms with Gasteiger partial charge in [-0.05, 0) is 0 Å². The summed E-state index contributed by atoms with van der Waals surface area (Å²) in [5.74, 6) is 0. The Hall–Kier alpha value is -0.792. The van der Waals surface area contributed by atoms with Crippen LogP contribution in [0.4, 0.5) is 5.69 Å². The van der Waals surface area contributed by atoms with Gasteiger partial charge in [0, 0.05) is 0 Å². The second-order valence-electron chi connectivity index (χ2n) is 2.72. The van der Waals surface area contributed by atoms with Gasteiger partial charge < -0.3 is 0 Å². The first-order valence-corrected chi connectivity index (χ1v) is 6.03. The normalized spacial score (nSPS) is 10.9. The Morgan fingerprint density at radius 1 is 1.40 bits per heavy atom. The van der Waals surface area contributed by atoms with E-state index in [0.717, 1.165) is 9.83 Å². The molecule has 78 valence electrons. The summed E-state index contributed by atoms with van der Waals surface area (Å²) in [6.45, 7) is 3.31. The van der Waals surface area contributed by atoms with E-state index in [0.29, 0.717) is 0 Å². The molecule has 0 saturated carbocycles. The number of aliphatic imine (C=N–C) groups is 2. The topological polar surface area (TPSA) is 28.0 Å². The van der Waals surface area contributed by atoms with Crippen molar-refractivity contribution in [1.29, 1.82) is 0 Å². The van der Waals surface area contributed by atoms with E-state index in [4.69, 9.17) is 11.6 Å². The van der Waals surface area contributed by atoms with Crippen molar-refractivity contribution in [2.45, 2.75) is 0 Å². The molecule has 0 aliphatic carbocycles. The SMILES string of the molecule is C=N/C(Cl)=N\[C](=[W])N(C)c1ccccc1. The second-order valence-corrected chi connectivity index (χ2v) is 4.37. The molecule has 0 saturated heterocycles. The molecule has 0 radical (unpaired) electrons. The van der Waals surface area contributed by atoms with Crippen LogP contribution in [-0.2, 0) is 19.4 Å². The first kappa shape index (κ1) is 12.3. The summed E-state index contributed by atoms with van der Waals surface area (Å²) in [4.78, 5) is 9.60. The molecule has 0 aliphatic heterocycles. The number of halogens is 1. The van der Waals surface area contributed by atoms with Gasteiger partial charge in [-0.25, -0.2) is 0 Å². The van der Waals surface area contributed by atoms with Gasteiger partial charge >= 0.3 is 105 Å². The minimum atomic E-state index is 0.169. The van der Waals surface area contributed by atoms with E-state index in [1.54, 1.807) is 0 Å². The molecule has 0 spiro atoms. The molecular formula is C10H10ClN3W. The van der Waals surface area contributed by atoms with E-state index in [1.165, 1.54) is 19.4 Å². The van der Waals surface area contributed by atoms with Gasteiger partial charge in [0.1, 0.15) is 0 Å². The van der Waals surface area contributed by atoms with Crippen molar-refractivity contribution in [2.24, 2.45) is 9.98 Å². The van der Waals surface area contributed by atoms with Crippen LogP contribution < -0.4 is 4.90 Å². The summed E-state index contributed by atoms with van der Waals surface area (Å²) in [6, 6.07) is 9.94. The number of anilines is 1. The van der Waals surface area contributed by atoms with Crippen molar-refractivity contribution < 1.29 is 19.4 Å². The minimum absolute atomic E-state index is 0.169. The zero-order valence-electron chi connectivity index (χ0n) is 8.22. The van der Waals surface area contributed by atoms with E-state index >= 15 is 0 Å². The van der Waals surface area contributed by atoms with Crippen molar-refractivity contribution in [3.63, 3.8) is 0 Å². The van der Waals surface area contributed by atoms with Crippen LogP contribution in [0.5, 0.6) is 0 Å². The fourth-order valence-corrected chi connectivity index (χ4v) is 1.92. The number of hydrogen-bond donors (Lipinski definition) is 0. The zero-order chi connectivity index (χ0) is 11.3. The van der Waals surface area contributed by atoms with Gasteiger partial charge in [-0.2, -0.15) is 0 Å². The third kappa shape index (κ3) is 3.69. The molecular weight excluding hydrogens is 381 g/mol. The molecule has 0 bridgehead atoms. The van der Waals surface area contributed by atoms with Crippen LogP contribution in [0.2, 0.25) is 0 Å². The summed E-state index contributed by atoms with van der Waals surface area (Å²) in [5.41, 5.74) is 1.07. The van der Waals surface area contributed by atoms with Crippen LogP contribution in [0.15, 0.2) is 40.3 Å². The maximum atomic E-state index is 5.68. The van der Waals surface area contributed by atoms with Crippen molar-refractivity contribution in [1.82, 2.24) is 0 Å². The van der Waals surface area contributed by atoms with Crippen molar-refractivity contribution in [2.75, 3.05) is 11.9 Å². The van der Waals surface area contributed by atoms with Gasteiger partial charge in [0.2, 0.25) is 0 Å². The Morgan fingerprint density at radius 2 is 2.00 bits per heavy atom. The molecule has 0 N–H and O–H groups in total. The molecule has 1 rings (SSSR count). The Bertz CT molecular complexity index is 389. The summed E-state index contributed by atoms with van der Waals surface area (Å²) >= 11 is 6.90. The average Bonchev–Trinajstić information content (AvgIpc) is 2.29.